The molecule has 0 aliphatic heterocycles. The number of hydrogen-bond donors (Lipinski definition) is 1. The second-order valence-electron chi connectivity index (χ2n) is 4.91. The van der Waals surface area contributed by atoms with Gasteiger partial charge in [0.05, 0.1) is 11.6 Å². The van der Waals surface area contributed by atoms with Crippen molar-refractivity contribution in [2.75, 3.05) is 20.3 Å². The molecule has 106 valence electrons. The smallest absolute Gasteiger partial charge is 0.175 e. The van der Waals surface area contributed by atoms with Crippen molar-refractivity contribution in [1.29, 1.82) is 0 Å². The maximum absolute atomic E-state index is 5.82. The van der Waals surface area contributed by atoms with Crippen molar-refractivity contribution in [1.82, 2.24) is 5.32 Å². The molecule has 1 aliphatic carbocycles. The quantitative estimate of drug-likeness (QED) is 0.807. The molecule has 0 atom stereocenters. The zero-order chi connectivity index (χ0) is 13.5. The van der Waals surface area contributed by atoms with Crippen LogP contribution < -0.4 is 14.8 Å². The zero-order valence-corrected chi connectivity index (χ0v) is 13.0. The Kier molecular flexibility index (Phi) is 5.98. The van der Waals surface area contributed by atoms with Crippen molar-refractivity contribution in [2.24, 2.45) is 0 Å². The molecule has 19 heavy (non-hydrogen) atoms. The van der Waals surface area contributed by atoms with Gasteiger partial charge in [0.2, 0.25) is 0 Å². The lowest BCUT2D eigenvalue weighted by atomic mass is 9.96. The fraction of sp³-hybridized carbons (Fsp3) is 0.600. The highest BCUT2D eigenvalue weighted by atomic mass is 79.9. The molecule has 0 bridgehead atoms. The largest absolute Gasteiger partial charge is 0.493 e. The van der Waals surface area contributed by atoms with Gasteiger partial charge in [0.1, 0.15) is 6.61 Å². The summed E-state index contributed by atoms with van der Waals surface area (Å²) in [5.41, 5.74) is 0. The van der Waals surface area contributed by atoms with E-state index in [0.717, 1.165) is 22.5 Å². The molecule has 0 radical (unpaired) electrons. The van der Waals surface area contributed by atoms with E-state index < -0.39 is 0 Å². The van der Waals surface area contributed by atoms with Crippen LogP contribution >= 0.6 is 15.9 Å². The maximum Gasteiger partial charge on any atom is 0.175 e. The van der Waals surface area contributed by atoms with E-state index >= 15 is 0 Å². The molecule has 0 heterocycles. The Balaban J connectivity index is 1.76. The predicted molar refractivity (Wildman–Crippen MR) is 81.1 cm³/mol. The number of hydrogen-bond acceptors (Lipinski definition) is 3. The third kappa shape index (κ3) is 4.39. The lowest BCUT2D eigenvalue weighted by molar-refractivity contribution is 0.274. The average molecular weight is 328 g/mol. The fourth-order valence-corrected chi connectivity index (χ4v) is 2.98. The Hall–Kier alpha value is -0.740. The van der Waals surface area contributed by atoms with Gasteiger partial charge in [-0.15, -0.1) is 0 Å². The molecule has 3 nitrogen and oxygen atoms in total. The molecule has 0 unspecified atom stereocenters. The van der Waals surface area contributed by atoms with E-state index in [9.17, 15) is 0 Å². The minimum absolute atomic E-state index is 0.662. The number of rotatable bonds is 6. The van der Waals surface area contributed by atoms with E-state index in [-0.39, 0.29) is 0 Å². The fourth-order valence-electron chi connectivity index (χ4n) is 2.51. The summed E-state index contributed by atoms with van der Waals surface area (Å²) in [7, 11) is 1.66. The molecule has 4 heteroatoms. The average Bonchev–Trinajstić information content (AvgIpc) is 2.46. The van der Waals surface area contributed by atoms with Crippen LogP contribution in [0.1, 0.15) is 32.1 Å². The van der Waals surface area contributed by atoms with Crippen molar-refractivity contribution in [3.8, 4) is 11.5 Å². The van der Waals surface area contributed by atoms with Crippen LogP contribution in [-0.4, -0.2) is 26.3 Å². The standard InChI is InChI=1S/C15H22BrNO2/c1-18-14-9-5-8-13(16)15(14)19-11-10-17-12-6-3-2-4-7-12/h5,8-9,12,17H,2-4,6-7,10-11H2,1H3. The van der Waals surface area contributed by atoms with E-state index in [1.807, 2.05) is 18.2 Å². The van der Waals surface area contributed by atoms with Crippen LogP contribution in [0.4, 0.5) is 0 Å². The van der Waals surface area contributed by atoms with Gasteiger partial charge in [-0.25, -0.2) is 0 Å². The van der Waals surface area contributed by atoms with Crippen LogP contribution in [0.5, 0.6) is 11.5 Å². The molecule has 0 spiro atoms. The summed E-state index contributed by atoms with van der Waals surface area (Å²) >= 11 is 3.49. The van der Waals surface area contributed by atoms with E-state index in [0.29, 0.717) is 12.6 Å². The summed E-state index contributed by atoms with van der Waals surface area (Å²) in [6.07, 6.45) is 6.71. The normalized spacial score (nSPS) is 16.3. The minimum Gasteiger partial charge on any atom is -0.493 e. The van der Waals surface area contributed by atoms with Gasteiger partial charge >= 0.3 is 0 Å². The van der Waals surface area contributed by atoms with Gasteiger partial charge in [0.15, 0.2) is 11.5 Å². The Labute approximate surface area is 123 Å². The molecule has 0 amide bonds. The molecule has 1 aliphatic rings. The summed E-state index contributed by atoms with van der Waals surface area (Å²) < 4.78 is 12.0. The predicted octanol–water partition coefficient (Wildman–Crippen LogP) is 3.76. The van der Waals surface area contributed by atoms with Crippen molar-refractivity contribution < 1.29 is 9.47 Å². The van der Waals surface area contributed by atoms with Crippen LogP contribution in [0.3, 0.4) is 0 Å². The summed E-state index contributed by atoms with van der Waals surface area (Å²) in [5.74, 6) is 1.56. The van der Waals surface area contributed by atoms with Gasteiger partial charge < -0.3 is 14.8 Å². The molecule has 1 saturated carbocycles. The molecule has 1 aromatic carbocycles. The maximum atomic E-state index is 5.82. The van der Waals surface area contributed by atoms with Gasteiger partial charge in [-0.3, -0.25) is 0 Å². The first-order chi connectivity index (χ1) is 9.31. The van der Waals surface area contributed by atoms with Crippen LogP contribution in [-0.2, 0) is 0 Å². The van der Waals surface area contributed by atoms with Crippen molar-refractivity contribution in [3.05, 3.63) is 22.7 Å². The second-order valence-corrected chi connectivity index (χ2v) is 5.76. The van der Waals surface area contributed by atoms with E-state index in [2.05, 4.69) is 21.2 Å². The first-order valence-electron chi connectivity index (χ1n) is 7.00. The summed E-state index contributed by atoms with van der Waals surface area (Å²) in [4.78, 5) is 0. The number of ether oxygens (including phenoxy) is 2. The lowest BCUT2D eigenvalue weighted by Gasteiger charge is -2.23. The molecule has 1 fully saturated rings. The number of nitrogens with one attached hydrogen (secondary N) is 1. The first-order valence-corrected chi connectivity index (χ1v) is 7.79. The summed E-state index contributed by atoms with van der Waals surface area (Å²) in [5, 5.41) is 3.57. The van der Waals surface area contributed by atoms with E-state index in [1.165, 1.54) is 32.1 Å². The summed E-state index contributed by atoms with van der Waals surface area (Å²) in [6.45, 7) is 1.55. The monoisotopic (exact) mass is 327 g/mol. The number of halogens is 1. The summed E-state index contributed by atoms with van der Waals surface area (Å²) in [6, 6.07) is 6.50. The topological polar surface area (TPSA) is 30.5 Å². The minimum atomic E-state index is 0.662. The Morgan fingerprint density at radius 3 is 2.79 bits per heavy atom. The van der Waals surface area contributed by atoms with Crippen molar-refractivity contribution >= 4 is 15.9 Å². The molecule has 1 N–H and O–H groups in total. The lowest BCUT2D eigenvalue weighted by Crippen LogP contribution is -2.34. The van der Waals surface area contributed by atoms with Crippen molar-refractivity contribution in [3.63, 3.8) is 0 Å². The zero-order valence-electron chi connectivity index (χ0n) is 11.5. The van der Waals surface area contributed by atoms with Gasteiger partial charge in [-0.1, -0.05) is 25.3 Å². The van der Waals surface area contributed by atoms with Gasteiger partial charge in [0.25, 0.3) is 0 Å². The van der Waals surface area contributed by atoms with Crippen LogP contribution in [0.2, 0.25) is 0 Å². The highest BCUT2D eigenvalue weighted by molar-refractivity contribution is 9.10. The molecule has 0 saturated heterocycles. The number of para-hydroxylation sites is 1. The van der Waals surface area contributed by atoms with Crippen LogP contribution in [0.15, 0.2) is 22.7 Å². The Bertz CT molecular complexity index is 392. The van der Waals surface area contributed by atoms with Gasteiger partial charge in [0, 0.05) is 12.6 Å². The van der Waals surface area contributed by atoms with Crippen LogP contribution in [0.25, 0.3) is 0 Å². The Morgan fingerprint density at radius 2 is 2.05 bits per heavy atom. The molecular weight excluding hydrogens is 306 g/mol. The second kappa shape index (κ2) is 7.75. The van der Waals surface area contributed by atoms with Gasteiger partial charge in [-0.2, -0.15) is 0 Å². The molecule has 1 aromatic rings. The number of benzene rings is 1. The molecule has 2 rings (SSSR count). The highest BCUT2D eigenvalue weighted by Crippen LogP contribution is 2.34. The van der Waals surface area contributed by atoms with Gasteiger partial charge in [-0.05, 0) is 40.9 Å². The number of methoxy groups -OCH3 is 1. The molecule has 0 aromatic heterocycles. The van der Waals surface area contributed by atoms with E-state index in [1.54, 1.807) is 7.11 Å². The third-order valence-electron chi connectivity index (χ3n) is 3.54. The van der Waals surface area contributed by atoms with E-state index in [4.69, 9.17) is 9.47 Å². The van der Waals surface area contributed by atoms with Crippen molar-refractivity contribution in [2.45, 2.75) is 38.1 Å². The Morgan fingerprint density at radius 1 is 1.26 bits per heavy atom. The third-order valence-corrected chi connectivity index (χ3v) is 4.16. The molecular formula is C15H22BrNO2. The first kappa shape index (κ1) is 14.7. The SMILES string of the molecule is COc1cccc(Br)c1OCCNC1CCCCC1. The highest BCUT2D eigenvalue weighted by Gasteiger charge is 2.12. The van der Waals surface area contributed by atoms with Crippen LogP contribution in [0, 0.1) is 0 Å².